The number of aromatic nitrogens is 2. The van der Waals surface area contributed by atoms with Gasteiger partial charge in [-0.15, -0.1) is 0 Å². The van der Waals surface area contributed by atoms with Crippen LogP contribution in [0.5, 0.6) is 0 Å². The second kappa shape index (κ2) is 8.24. The molecule has 28 heavy (non-hydrogen) atoms. The smallest absolute Gasteiger partial charge is 0.243 e. The minimum atomic E-state index is -3.84. The topological polar surface area (TPSA) is 101 Å². The molecule has 0 aliphatic rings. The molecule has 1 atom stereocenters. The Hall–Kier alpha value is -2.52. The van der Waals surface area contributed by atoms with Gasteiger partial charge in [0.1, 0.15) is 0 Å². The molecule has 8 nitrogen and oxygen atoms in total. The largest absolute Gasteiger partial charge is 0.348 e. The fourth-order valence-electron chi connectivity index (χ4n) is 3.10. The number of carbonyl (C=O) groups excluding carboxylic acids is 2. The Balaban J connectivity index is 2.09. The van der Waals surface area contributed by atoms with Gasteiger partial charge in [-0.05, 0) is 39.8 Å². The molecule has 1 heterocycles. The van der Waals surface area contributed by atoms with Crippen LogP contribution >= 0.6 is 0 Å². The molecule has 0 saturated heterocycles. The van der Waals surface area contributed by atoms with E-state index in [1.807, 2.05) is 27.8 Å². The Kier molecular flexibility index (Phi) is 6.41. The first-order valence-electron chi connectivity index (χ1n) is 8.82. The van der Waals surface area contributed by atoms with Gasteiger partial charge in [0.25, 0.3) is 0 Å². The molecule has 0 aliphatic heterocycles. The molecular weight excluding hydrogens is 380 g/mol. The van der Waals surface area contributed by atoms with Crippen LogP contribution in [0.2, 0.25) is 0 Å². The lowest BCUT2D eigenvalue weighted by molar-refractivity contribution is -0.121. The first kappa shape index (κ1) is 21.8. The van der Waals surface area contributed by atoms with Gasteiger partial charge in [0.2, 0.25) is 15.9 Å². The van der Waals surface area contributed by atoms with Crippen molar-refractivity contribution >= 4 is 21.7 Å². The Morgan fingerprint density at radius 1 is 1.21 bits per heavy atom. The van der Waals surface area contributed by atoms with Crippen molar-refractivity contribution in [2.75, 3.05) is 13.6 Å². The summed E-state index contributed by atoms with van der Waals surface area (Å²) in [7, 11) is -0.667. The standard InChI is InChI=1S/C19H26N4O4S/c1-12(19-13(2)21-23(6)14(19)3)20-18(25)11-22(5)28(26,27)17-9-7-16(8-10-17)15(4)24/h7-10,12H,11H2,1-6H3,(H,20,25). The molecule has 0 aliphatic carbocycles. The van der Waals surface area contributed by atoms with Gasteiger partial charge >= 0.3 is 0 Å². The van der Waals surface area contributed by atoms with Crippen molar-refractivity contribution in [3.8, 4) is 0 Å². The summed E-state index contributed by atoms with van der Waals surface area (Å²) in [5, 5.41) is 7.16. The Labute approximate surface area is 165 Å². The third-order valence-corrected chi connectivity index (χ3v) is 6.53. The first-order valence-corrected chi connectivity index (χ1v) is 10.3. The van der Waals surface area contributed by atoms with E-state index in [0.29, 0.717) is 5.56 Å². The Bertz CT molecular complexity index is 994. The normalized spacial score (nSPS) is 12.8. The van der Waals surface area contributed by atoms with Crippen LogP contribution in [0, 0.1) is 13.8 Å². The summed E-state index contributed by atoms with van der Waals surface area (Å²) in [5.41, 5.74) is 3.10. The van der Waals surface area contributed by atoms with E-state index in [-0.39, 0.29) is 23.3 Å². The van der Waals surface area contributed by atoms with Crippen molar-refractivity contribution in [1.82, 2.24) is 19.4 Å². The third kappa shape index (κ3) is 4.48. The summed E-state index contributed by atoms with van der Waals surface area (Å²) in [6.45, 7) is 6.71. The number of hydrogen-bond donors (Lipinski definition) is 1. The van der Waals surface area contributed by atoms with Crippen molar-refractivity contribution in [2.45, 2.75) is 38.6 Å². The Morgan fingerprint density at radius 2 is 1.79 bits per heavy atom. The van der Waals surface area contributed by atoms with Gasteiger partial charge in [-0.25, -0.2) is 8.42 Å². The van der Waals surface area contributed by atoms with E-state index in [4.69, 9.17) is 0 Å². The number of rotatable bonds is 7. The van der Waals surface area contributed by atoms with Crippen molar-refractivity contribution in [3.63, 3.8) is 0 Å². The number of nitrogens with one attached hydrogen (secondary N) is 1. The van der Waals surface area contributed by atoms with Crippen LogP contribution in [0.25, 0.3) is 0 Å². The molecule has 1 amide bonds. The summed E-state index contributed by atoms with van der Waals surface area (Å²) in [4.78, 5) is 23.8. The molecule has 1 unspecified atom stereocenters. The summed E-state index contributed by atoms with van der Waals surface area (Å²) in [5.74, 6) is -0.562. The second-order valence-electron chi connectivity index (χ2n) is 6.84. The lowest BCUT2D eigenvalue weighted by Gasteiger charge is -2.19. The molecule has 1 aromatic heterocycles. The zero-order valence-corrected chi connectivity index (χ0v) is 17.8. The fraction of sp³-hybridized carbons (Fsp3) is 0.421. The van der Waals surface area contributed by atoms with Gasteiger partial charge in [-0.2, -0.15) is 9.40 Å². The molecule has 152 valence electrons. The number of aryl methyl sites for hydroxylation is 2. The monoisotopic (exact) mass is 406 g/mol. The predicted molar refractivity (Wildman–Crippen MR) is 106 cm³/mol. The van der Waals surface area contributed by atoms with Crippen LogP contribution in [0.3, 0.4) is 0 Å². The lowest BCUT2D eigenvalue weighted by atomic mass is 10.1. The predicted octanol–water partition coefficient (Wildman–Crippen LogP) is 1.74. The number of Topliss-reactive ketones (excluding diaryl/α,β-unsaturated/α-hetero) is 1. The van der Waals surface area contributed by atoms with Crippen LogP contribution < -0.4 is 5.32 Å². The van der Waals surface area contributed by atoms with Crippen LogP contribution in [0.15, 0.2) is 29.2 Å². The van der Waals surface area contributed by atoms with E-state index in [2.05, 4.69) is 10.4 Å². The van der Waals surface area contributed by atoms with Crippen molar-refractivity contribution < 1.29 is 18.0 Å². The summed E-state index contributed by atoms with van der Waals surface area (Å²) in [6, 6.07) is 5.35. The zero-order valence-electron chi connectivity index (χ0n) is 17.0. The summed E-state index contributed by atoms with van der Waals surface area (Å²) < 4.78 is 28.1. The number of nitrogens with zero attached hydrogens (tertiary/aromatic N) is 3. The van der Waals surface area contributed by atoms with Crippen LogP contribution in [0.1, 0.15) is 47.2 Å². The fourth-order valence-corrected chi connectivity index (χ4v) is 4.23. The molecule has 1 aromatic carbocycles. The van der Waals surface area contributed by atoms with Crippen LogP contribution in [-0.2, 0) is 21.9 Å². The molecule has 0 bridgehead atoms. The van der Waals surface area contributed by atoms with Crippen LogP contribution in [0.4, 0.5) is 0 Å². The van der Waals surface area contributed by atoms with Crippen molar-refractivity contribution in [2.24, 2.45) is 7.05 Å². The molecule has 1 N–H and O–H groups in total. The van der Waals surface area contributed by atoms with E-state index in [1.165, 1.54) is 38.2 Å². The molecular formula is C19H26N4O4S. The number of likely N-dealkylation sites (N-methyl/N-ethyl adjacent to an activating group) is 1. The number of carbonyl (C=O) groups is 2. The highest BCUT2D eigenvalue weighted by atomic mass is 32.2. The minimum absolute atomic E-state index is 0.0276. The molecule has 9 heteroatoms. The number of hydrogen-bond acceptors (Lipinski definition) is 5. The van der Waals surface area contributed by atoms with E-state index in [1.54, 1.807) is 4.68 Å². The number of benzene rings is 1. The van der Waals surface area contributed by atoms with Gasteiger partial charge in [0.15, 0.2) is 5.78 Å². The number of amides is 1. The van der Waals surface area contributed by atoms with Crippen molar-refractivity contribution in [1.29, 1.82) is 0 Å². The van der Waals surface area contributed by atoms with Crippen LogP contribution in [-0.4, -0.2) is 47.8 Å². The summed E-state index contributed by atoms with van der Waals surface area (Å²) >= 11 is 0. The highest BCUT2D eigenvalue weighted by Gasteiger charge is 2.25. The average Bonchev–Trinajstić information content (AvgIpc) is 2.86. The Morgan fingerprint density at radius 3 is 2.25 bits per heavy atom. The molecule has 0 fully saturated rings. The molecule has 2 aromatic rings. The SMILES string of the molecule is CC(=O)c1ccc(S(=O)(=O)N(C)CC(=O)NC(C)c2c(C)nn(C)c2C)cc1. The maximum absolute atomic E-state index is 12.7. The number of ketones is 1. The lowest BCUT2D eigenvalue weighted by Crippen LogP contribution is -2.39. The maximum atomic E-state index is 12.7. The van der Waals surface area contributed by atoms with E-state index in [0.717, 1.165) is 21.3 Å². The van der Waals surface area contributed by atoms with Crippen molar-refractivity contribution in [3.05, 3.63) is 46.8 Å². The minimum Gasteiger partial charge on any atom is -0.348 e. The van der Waals surface area contributed by atoms with E-state index >= 15 is 0 Å². The second-order valence-corrected chi connectivity index (χ2v) is 8.88. The molecule has 0 spiro atoms. The first-order chi connectivity index (χ1) is 12.9. The van der Waals surface area contributed by atoms with Gasteiger partial charge in [0, 0.05) is 30.9 Å². The van der Waals surface area contributed by atoms with Gasteiger partial charge in [-0.3, -0.25) is 14.3 Å². The third-order valence-electron chi connectivity index (χ3n) is 4.71. The van der Waals surface area contributed by atoms with E-state index < -0.39 is 15.9 Å². The highest BCUT2D eigenvalue weighted by molar-refractivity contribution is 7.89. The van der Waals surface area contributed by atoms with Gasteiger partial charge < -0.3 is 5.32 Å². The van der Waals surface area contributed by atoms with Gasteiger partial charge in [-0.1, -0.05) is 12.1 Å². The molecule has 2 rings (SSSR count). The highest BCUT2D eigenvalue weighted by Crippen LogP contribution is 2.21. The quantitative estimate of drug-likeness (QED) is 0.706. The molecule has 0 saturated carbocycles. The molecule has 0 radical (unpaired) electrons. The average molecular weight is 407 g/mol. The maximum Gasteiger partial charge on any atom is 0.243 e. The zero-order chi connectivity index (χ0) is 21.2. The number of sulfonamides is 1. The van der Waals surface area contributed by atoms with E-state index in [9.17, 15) is 18.0 Å². The van der Waals surface area contributed by atoms with Gasteiger partial charge in [0.05, 0.1) is 23.2 Å². The summed E-state index contributed by atoms with van der Waals surface area (Å²) in [6.07, 6.45) is 0.